The summed E-state index contributed by atoms with van der Waals surface area (Å²) >= 11 is 1.49. The number of rotatable bonds is 5. The van der Waals surface area contributed by atoms with Gasteiger partial charge in [0.15, 0.2) is 11.5 Å². The predicted octanol–water partition coefficient (Wildman–Crippen LogP) is 3.33. The summed E-state index contributed by atoms with van der Waals surface area (Å²) in [4.78, 5) is 31.5. The molecule has 2 aromatic heterocycles. The molecule has 0 bridgehead atoms. The number of nitrogens with zero attached hydrogens (tertiary/aromatic N) is 2. The van der Waals surface area contributed by atoms with Gasteiger partial charge in [0.05, 0.1) is 11.6 Å². The SMILES string of the molecule is CCC(=O)C1=C(O)C(=O)N(Cc2ccncc2)C1c1sccc1C. The molecule has 0 aromatic carbocycles. The van der Waals surface area contributed by atoms with E-state index < -0.39 is 17.7 Å². The third-order valence-electron chi connectivity index (χ3n) is 4.18. The molecule has 5 nitrogen and oxygen atoms in total. The zero-order valence-corrected chi connectivity index (χ0v) is 14.3. The molecule has 1 aliphatic rings. The zero-order valence-electron chi connectivity index (χ0n) is 13.5. The van der Waals surface area contributed by atoms with Gasteiger partial charge in [0.25, 0.3) is 5.91 Å². The van der Waals surface area contributed by atoms with Gasteiger partial charge < -0.3 is 10.0 Å². The Kier molecular flexibility index (Phi) is 4.49. The summed E-state index contributed by atoms with van der Waals surface area (Å²) in [6, 6.07) is 5.07. The second kappa shape index (κ2) is 6.57. The van der Waals surface area contributed by atoms with E-state index in [1.165, 1.54) is 11.3 Å². The summed E-state index contributed by atoms with van der Waals surface area (Å²) in [5, 5.41) is 12.3. The molecule has 1 unspecified atom stereocenters. The number of amides is 1. The normalized spacial score (nSPS) is 17.7. The number of carbonyl (C=O) groups excluding carboxylic acids is 2. The van der Waals surface area contributed by atoms with Gasteiger partial charge in [-0.25, -0.2) is 0 Å². The van der Waals surface area contributed by atoms with E-state index in [-0.39, 0.29) is 17.8 Å². The molecular weight excluding hydrogens is 324 g/mol. The number of aromatic nitrogens is 1. The largest absolute Gasteiger partial charge is 0.503 e. The van der Waals surface area contributed by atoms with Crippen molar-refractivity contribution in [2.75, 3.05) is 0 Å². The fourth-order valence-electron chi connectivity index (χ4n) is 2.91. The zero-order chi connectivity index (χ0) is 17.3. The number of aliphatic hydroxyl groups is 1. The van der Waals surface area contributed by atoms with E-state index in [1.807, 2.05) is 30.5 Å². The lowest BCUT2D eigenvalue weighted by molar-refractivity contribution is -0.130. The van der Waals surface area contributed by atoms with Crippen molar-refractivity contribution >= 4 is 23.0 Å². The van der Waals surface area contributed by atoms with Crippen LogP contribution in [0.4, 0.5) is 0 Å². The van der Waals surface area contributed by atoms with Gasteiger partial charge in [0.2, 0.25) is 0 Å². The quantitative estimate of drug-likeness (QED) is 0.905. The molecule has 0 fully saturated rings. The molecule has 1 amide bonds. The van der Waals surface area contributed by atoms with Crippen molar-refractivity contribution in [2.24, 2.45) is 0 Å². The Morgan fingerprint density at radius 3 is 2.62 bits per heavy atom. The van der Waals surface area contributed by atoms with Crippen LogP contribution < -0.4 is 0 Å². The smallest absolute Gasteiger partial charge is 0.290 e. The van der Waals surface area contributed by atoms with Gasteiger partial charge in [-0.1, -0.05) is 6.92 Å². The van der Waals surface area contributed by atoms with Crippen LogP contribution >= 0.6 is 11.3 Å². The van der Waals surface area contributed by atoms with Gasteiger partial charge in [0.1, 0.15) is 0 Å². The van der Waals surface area contributed by atoms with Crippen LogP contribution in [0.1, 0.15) is 35.4 Å². The summed E-state index contributed by atoms with van der Waals surface area (Å²) in [5.41, 5.74) is 2.12. The number of carbonyl (C=O) groups is 2. The van der Waals surface area contributed by atoms with Crippen molar-refractivity contribution in [1.29, 1.82) is 0 Å². The van der Waals surface area contributed by atoms with E-state index in [0.29, 0.717) is 6.54 Å². The highest BCUT2D eigenvalue weighted by Crippen LogP contribution is 2.42. The highest BCUT2D eigenvalue weighted by molar-refractivity contribution is 7.10. The van der Waals surface area contributed by atoms with Gasteiger partial charge in [-0.15, -0.1) is 11.3 Å². The number of aliphatic hydroxyl groups excluding tert-OH is 1. The second-order valence-electron chi connectivity index (χ2n) is 5.70. The van der Waals surface area contributed by atoms with Crippen molar-refractivity contribution < 1.29 is 14.7 Å². The van der Waals surface area contributed by atoms with Crippen LogP contribution in [-0.4, -0.2) is 26.7 Å². The van der Waals surface area contributed by atoms with Crippen molar-refractivity contribution in [3.63, 3.8) is 0 Å². The average Bonchev–Trinajstić information content (AvgIpc) is 3.11. The molecule has 0 saturated heterocycles. The third kappa shape index (κ3) is 2.73. The highest BCUT2D eigenvalue weighted by Gasteiger charge is 2.43. The average molecular weight is 342 g/mol. The Morgan fingerprint density at radius 1 is 1.33 bits per heavy atom. The lowest BCUT2D eigenvalue weighted by atomic mass is 9.98. The molecule has 0 spiro atoms. The lowest BCUT2D eigenvalue weighted by Crippen LogP contribution is -2.30. The Morgan fingerprint density at radius 2 is 2.04 bits per heavy atom. The minimum Gasteiger partial charge on any atom is -0.503 e. The third-order valence-corrected chi connectivity index (χ3v) is 5.25. The molecule has 3 rings (SSSR count). The molecule has 1 atom stereocenters. The number of hydrogen-bond acceptors (Lipinski definition) is 5. The first-order valence-electron chi connectivity index (χ1n) is 7.74. The van der Waals surface area contributed by atoms with Crippen molar-refractivity contribution in [3.05, 3.63) is 63.3 Å². The summed E-state index contributed by atoms with van der Waals surface area (Å²) in [5.74, 6) is -1.12. The van der Waals surface area contributed by atoms with E-state index in [4.69, 9.17) is 0 Å². The van der Waals surface area contributed by atoms with Gasteiger partial charge in [-0.05, 0) is 41.6 Å². The van der Waals surface area contributed by atoms with Crippen LogP contribution in [0, 0.1) is 6.92 Å². The molecule has 0 radical (unpaired) electrons. The first-order valence-corrected chi connectivity index (χ1v) is 8.62. The second-order valence-corrected chi connectivity index (χ2v) is 6.65. The molecule has 24 heavy (non-hydrogen) atoms. The highest BCUT2D eigenvalue weighted by atomic mass is 32.1. The van der Waals surface area contributed by atoms with Crippen molar-refractivity contribution in [3.8, 4) is 0 Å². The molecule has 0 saturated carbocycles. The van der Waals surface area contributed by atoms with Gasteiger partial charge in [0, 0.05) is 30.2 Å². The summed E-state index contributed by atoms with van der Waals surface area (Å²) in [6.07, 6.45) is 3.57. The monoisotopic (exact) mass is 342 g/mol. The van der Waals surface area contributed by atoms with E-state index in [0.717, 1.165) is 16.0 Å². The first-order chi connectivity index (χ1) is 11.5. The van der Waals surface area contributed by atoms with Crippen molar-refractivity contribution in [2.45, 2.75) is 32.9 Å². The Hall–Kier alpha value is -2.47. The standard InChI is InChI=1S/C18H18N2O3S/c1-3-13(21)14-15(17-11(2)6-9-24-17)20(18(23)16(14)22)10-12-4-7-19-8-5-12/h4-9,15,22H,3,10H2,1-2H3. The number of Topliss-reactive ketones (excluding diaryl/α,β-unsaturated/α-hetero) is 1. The molecule has 1 N–H and O–H groups in total. The molecule has 2 aromatic rings. The molecule has 1 aliphatic heterocycles. The van der Waals surface area contributed by atoms with Crippen LogP contribution in [0.5, 0.6) is 0 Å². The molecule has 124 valence electrons. The van der Waals surface area contributed by atoms with E-state index in [2.05, 4.69) is 4.98 Å². The fraction of sp³-hybridized carbons (Fsp3) is 0.278. The maximum absolute atomic E-state index is 12.6. The number of aryl methyl sites for hydroxylation is 1. The molecule has 3 heterocycles. The first kappa shape index (κ1) is 16.4. The fourth-order valence-corrected chi connectivity index (χ4v) is 3.96. The minimum absolute atomic E-state index is 0.198. The predicted molar refractivity (Wildman–Crippen MR) is 91.5 cm³/mol. The number of ketones is 1. The molecular formula is C18H18N2O3S. The summed E-state index contributed by atoms with van der Waals surface area (Å²) in [6.45, 7) is 4.00. The van der Waals surface area contributed by atoms with E-state index in [9.17, 15) is 14.7 Å². The maximum atomic E-state index is 12.6. The molecule has 6 heteroatoms. The van der Waals surface area contributed by atoms with Crippen LogP contribution in [0.3, 0.4) is 0 Å². The summed E-state index contributed by atoms with van der Waals surface area (Å²) < 4.78 is 0. The van der Waals surface area contributed by atoms with Gasteiger partial charge >= 0.3 is 0 Å². The van der Waals surface area contributed by atoms with Gasteiger partial charge in [-0.2, -0.15) is 0 Å². The van der Waals surface area contributed by atoms with Crippen molar-refractivity contribution in [1.82, 2.24) is 9.88 Å². The number of pyridine rings is 1. The Balaban J connectivity index is 2.06. The lowest BCUT2D eigenvalue weighted by Gasteiger charge is -2.26. The number of hydrogen-bond donors (Lipinski definition) is 1. The Bertz CT molecular complexity index is 811. The minimum atomic E-state index is -0.530. The molecule has 0 aliphatic carbocycles. The van der Waals surface area contributed by atoms with Crippen LogP contribution in [0.2, 0.25) is 0 Å². The van der Waals surface area contributed by atoms with Crippen LogP contribution in [0.15, 0.2) is 47.3 Å². The maximum Gasteiger partial charge on any atom is 0.290 e. The van der Waals surface area contributed by atoms with Crippen LogP contribution in [0.25, 0.3) is 0 Å². The van der Waals surface area contributed by atoms with Gasteiger partial charge in [-0.3, -0.25) is 14.6 Å². The topological polar surface area (TPSA) is 70.5 Å². The number of thiophene rings is 1. The van der Waals surface area contributed by atoms with E-state index in [1.54, 1.807) is 24.2 Å². The van der Waals surface area contributed by atoms with E-state index >= 15 is 0 Å². The van der Waals surface area contributed by atoms with Crippen LogP contribution in [-0.2, 0) is 16.1 Å². The Labute approximate surface area is 144 Å². The summed E-state index contributed by atoms with van der Waals surface area (Å²) in [7, 11) is 0.